The Bertz CT molecular complexity index is 592. The third kappa shape index (κ3) is 3.39. The highest BCUT2D eigenvalue weighted by Crippen LogP contribution is 2.33. The topological polar surface area (TPSA) is 17.8 Å². The van der Waals surface area contributed by atoms with E-state index in [-0.39, 0.29) is 11.2 Å². The van der Waals surface area contributed by atoms with Crippen LogP contribution in [0.25, 0.3) is 11.0 Å². The molecule has 0 spiro atoms. The summed E-state index contributed by atoms with van der Waals surface area (Å²) < 4.78 is 16.2. The highest BCUT2D eigenvalue weighted by atomic mass is 35.5. The number of nitrogens with zero attached hydrogens (tertiary/aromatic N) is 2. The maximum absolute atomic E-state index is 14.0. The lowest BCUT2D eigenvalue weighted by atomic mass is 10.0. The molecule has 0 aliphatic heterocycles. The first-order valence-corrected chi connectivity index (χ1v) is 8.34. The Kier molecular flexibility index (Phi) is 5.63. The second-order valence-corrected chi connectivity index (χ2v) is 6.30. The molecule has 0 aliphatic carbocycles. The van der Waals surface area contributed by atoms with Crippen LogP contribution in [0.3, 0.4) is 0 Å². The Morgan fingerprint density at radius 1 is 1.24 bits per heavy atom. The summed E-state index contributed by atoms with van der Waals surface area (Å²) in [5, 5.41) is -0.224. The standard InChI is InChI=1S/C17H24ClFN2/c1-4-6-9-13(8-5-2)21-15-11-7-10-14(19)16(15)20-17(21)12(3)18/h7,10-13H,4-6,8-9H2,1-3H3. The number of para-hydroxylation sites is 1. The molecular formula is C17H24ClFN2. The van der Waals surface area contributed by atoms with Crippen LogP contribution in [-0.4, -0.2) is 9.55 Å². The van der Waals surface area contributed by atoms with Crippen LogP contribution in [0.2, 0.25) is 0 Å². The molecular weight excluding hydrogens is 287 g/mol. The largest absolute Gasteiger partial charge is 0.324 e. The molecule has 0 radical (unpaired) electrons. The molecule has 4 heteroatoms. The molecule has 2 unspecified atom stereocenters. The summed E-state index contributed by atoms with van der Waals surface area (Å²) in [5.74, 6) is 0.516. The Balaban J connectivity index is 2.57. The van der Waals surface area contributed by atoms with Crippen molar-refractivity contribution in [1.29, 1.82) is 0 Å². The van der Waals surface area contributed by atoms with Crippen LogP contribution in [0.1, 0.15) is 70.1 Å². The predicted molar refractivity (Wildman–Crippen MR) is 87.4 cm³/mol. The lowest BCUT2D eigenvalue weighted by Gasteiger charge is -2.22. The molecule has 0 saturated heterocycles. The number of halogens is 2. The number of alkyl halides is 1. The maximum Gasteiger partial charge on any atom is 0.151 e. The molecule has 116 valence electrons. The van der Waals surface area contributed by atoms with Gasteiger partial charge in [-0.2, -0.15) is 0 Å². The number of fused-ring (bicyclic) bond motifs is 1. The minimum absolute atomic E-state index is 0.224. The zero-order chi connectivity index (χ0) is 15.4. The SMILES string of the molecule is CCCCC(CCC)n1c(C(C)Cl)nc2c(F)cccc21. The van der Waals surface area contributed by atoms with Crippen LogP contribution in [0, 0.1) is 5.82 Å². The van der Waals surface area contributed by atoms with Gasteiger partial charge in [-0.05, 0) is 31.9 Å². The minimum atomic E-state index is -0.268. The van der Waals surface area contributed by atoms with Crippen molar-refractivity contribution in [3.05, 3.63) is 29.8 Å². The molecule has 2 atom stereocenters. The highest BCUT2D eigenvalue weighted by molar-refractivity contribution is 6.20. The minimum Gasteiger partial charge on any atom is -0.324 e. The average molecular weight is 311 g/mol. The van der Waals surface area contributed by atoms with E-state index < -0.39 is 0 Å². The van der Waals surface area contributed by atoms with E-state index >= 15 is 0 Å². The van der Waals surface area contributed by atoms with Gasteiger partial charge in [0.2, 0.25) is 0 Å². The second kappa shape index (κ2) is 7.26. The second-order valence-electron chi connectivity index (χ2n) is 5.65. The fourth-order valence-corrected chi connectivity index (χ4v) is 3.09. The monoisotopic (exact) mass is 310 g/mol. The zero-order valence-corrected chi connectivity index (χ0v) is 13.8. The van der Waals surface area contributed by atoms with Crippen molar-refractivity contribution < 1.29 is 4.39 Å². The van der Waals surface area contributed by atoms with Gasteiger partial charge in [-0.15, -0.1) is 11.6 Å². The molecule has 0 aliphatic rings. The van der Waals surface area contributed by atoms with E-state index in [2.05, 4.69) is 23.4 Å². The molecule has 2 nitrogen and oxygen atoms in total. The molecule has 0 bridgehead atoms. The van der Waals surface area contributed by atoms with Crippen LogP contribution in [0.15, 0.2) is 18.2 Å². The van der Waals surface area contributed by atoms with E-state index in [1.54, 1.807) is 6.07 Å². The number of unbranched alkanes of at least 4 members (excludes halogenated alkanes) is 1. The van der Waals surface area contributed by atoms with E-state index in [9.17, 15) is 4.39 Å². The summed E-state index contributed by atoms with van der Waals surface area (Å²) in [5.41, 5.74) is 1.31. The normalized spacial score (nSPS) is 14.5. The molecule has 0 N–H and O–H groups in total. The van der Waals surface area contributed by atoms with Gasteiger partial charge in [-0.25, -0.2) is 9.37 Å². The number of benzene rings is 1. The highest BCUT2D eigenvalue weighted by Gasteiger charge is 2.22. The molecule has 1 heterocycles. The first-order valence-electron chi connectivity index (χ1n) is 7.90. The van der Waals surface area contributed by atoms with Crippen LogP contribution < -0.4 is 0 Å². The van der Waals surface area contributed by atoms with Gasteiger partial charge >= 0.3 is 0 Å². The first-order chi connectivity index (χ1) is 10.1. The number of hydrogen-bond donors (Lipinski definition) is 0. The van der Waals surface area contributed by atoms with Crippen LogP contribution in [0.4, 0.5) is 4.39 Å². The smallest absolute Gasteiger partial charge is 0.151 e. The van der Waals surface area contributed by atoms with E-state index in [1.165, 1.54) is 6.07 Å². The fraction of sp³-hybridized carbons (Fsp3) is 0.588. The van der Waals surface area contributed by atoms with E-state index in [0.717, 1.165) is 43.4 Å². The van der Waals surface area contributed by atoms with Crippen molar-refractivity contribution in [3.63, 3.8) is 0 Å². The van der Waals surface area contributed by atoms with Gasteiger partial charge in [0.1, 0.15) is 11.3 Å². The summed E-state index contributed by atoms with van der Waals surface area (Å²) in [6.45, 7) is 6.28. The number of hydrogen-bond acceptors (Lipinski definition) is 1. The Morgan fingerprint density at radius 2 is 2.00 bits per heavy atom. The molecule has 1 aromatic carbocycles. The molecule has 21 heavy (non-hydrogen) atoms. The molecule has 2 rings (SSSR count). The number of rotatable bonds is 7. The van der Waals surface area contributed by atoms with Crippen LogP contribution in [-0.2, 0) is 0 Å². The molecule has 0 fully saturated rings. The summed E-state index contributed by atoms with van der Waals surface area (Å²) >= 11 is 6.30. The summed E-state index contributed by atoms with van der Waals surface area (Å²) in [7, 11) is 0. The van der Waals surface area contributed by atoms with Crippen molar-refractivity contribution >= 4 is 22.6 Å². The van der Waals surface area contributed by atoms with Crippen molar-refractivity contribution in [2.45, 2.75) is 64.3 Å². The lowest BCUT2D eigenvalue weighted by Crippen LogP contribution is -2.13. The van der Waals surface area contributed by atoms with Crippen molar-refractivity contribution in [2.75, 3.05) is 0 Å². The Morgan fingerprint density at radius 3 is 2.62 bits per heavy atom. The fourth-order valence-electron chi connectivity index (χ4n) is 2.94. The third-order valence-electron chi connectivity index (χ3n) is 3.93. The number of aromatic nitrogens is 2. The van der Waals surface area contributed by atoms with E-state index in [0.29, 0.717) is 11.6 Å². The third-order valence-corrected chi connectivity index (χ3v) is 4.13. The van der Waals surface area contributed by atoms with E-state index in [4.69, 9.17) is 11.6 Å². The molecule has 1 aromatic heterocycles. The molecule has 0 amide bonds. The summed E-state index contributed by atoms with van der Waals surface area (Å²) in [6, 6.07) is 5.51. The van der Waals surface area contributed by atoms with Gasteiger partial charge in [-0.1, -0.05) is 39.2 Å². The van der Waals surface area contributed by atoms with Gasteiger partial charge in [0.25, 0.3) is 0 Å². The quantitative estimate of drug-likeness (QED) is 0.573. The van der Waals surface area contributed by atoms with Gasteiger partial charge in [0.15, 0.2) is 5.82 Å². The molecule has 0 saturated carbocycles. The van der Waals surface area contributed by atoms with Crippen LogP contribution in [0.5, 0.6) is 0 Å². The maximum atomic E-state index is 14.0. The predicted octanol–water partition coefficient (Wildman–Crippen LogP) is 6.01. The van der Waals surface area contributed by atoms with Crippen molar-refractivity contribution in [1.82, 2.24) is 9.55 Å². The van der Waals surface area contributed by atoms with Crippen molar-refractivity contribution in [3.8, 4) is 0 Å². The Labute approximate surface area is 131 Å². The first kappa shape index (κ1) is 16.3. The molecule has 2 aromatic rings. The van der Waals surface area contributed by atoms with E-state index in [1.807, 2.05) is 13.0 Å². The van der Waals surface area contributed by atoms with Gasteiger partial charge in [-0.3, -0.25) is 0 Å². The zero-order valence-electron chi connectivity index (χ0n) is 13.1. The van der Waals surface area contributed by atoms with Gasteiger partial charge < -0.3 is 4.57 Å². The van der Waals surface area contributed by atoms with Crippen LogP contribution >= 0.6 is 11.6 Å². The van der Waals surface area contributed by atoms with Gasteiger partial charge in [0.05, 0.1) is 10.9 Å². The number of imidazole rings is 1. The van der Waals surface area contributed by atoms with Crippen molar-refractivity contribution in [2.24, 2.45) is 0 Å². The Hall–Kier alpha value is -1.09. The lowest BCUT2D eigenvalue weighted by molar-refractivity contribution is 0.414. The van der Waals surface area contributed by atoms with Gasteiger partial charge in [0, 0.05) is 6.04 Å². The summed E-state index contributed by atoms with van der Waals surface area (Å²) in [6.07, 6.45) is 5.57. The average Bonchev–Trinajstić information content (AvgIpc) is 2.84. The summed E-state index contributed by atoms with van der Waals surface area (Å²) in [4.78, 5) is 4.48.